The number of nitrogens with zero attached hydrogens (tertiary/aromatic N) is 3. The maximum Gasteiger partial charge on any atom is 0.289 e. The molecule has 0 bridgehead atoms. The van der Waals surface area contributed by atoms with Crippen molar-refractivity contribution in [3.63, 3.8) is 0 Å². The third-order valence-electron chi connectivity index (χ3n) is 5.99. The third kappa shape index (κ3) is 4.79. The zero-order valence-electron chi connectivity index (χ0n) is 17.9. The number of rotatable bonds is 7. The maximum absolute atomic E-state index is 12.9. The molecule has 2 aliphatic heterocycles. The van der Waals surface area contributed by atoms with Crippen LogP contribution in [0.3, 0.4) is 0 Å². The van der Waals surface area contributed by atoms with E-state index < -0.39 is 0 Å². The van der Waals surface area contributed by atoms with Crippen LogP contribution in [0.1, 0.15) is 34.7 Å². The fraction of sp³-hybridized carbons (Fsp3) is 0.522. The number of hydrogen-bond acceptors (Lipinski definition) is 6. The second-order valence-electron chi connectivity index (χ2n) is 8.00. The van der Waals surface area contributed by atoms with Crippen LogP contribution in [0.2, 0.25) is 0 Å². The van der Waals surface area contributed by atoms with Crippen LogP contribution in [0.25, 0.3) is 0 Å². The lowest BCUT2D eigenvalue weighted by atomic mass is 10.1. The molecule has 0 atom stereocenters. The average molecular weight is 414 g/mol. The molecule has 1 aromatic heterocycles. The molecule has 7 nitrogen and oxygen atoms in total. The Morgan fingerprint density at radius 3 is 2.33 bits per heavy atom. The average Bonchev–Trinajstić information content (AvgIpc) is 3.46. The van der Waals surface area contributed by atoms with E-state index >= 15 is 0 Å². The molecule has 1 amide bonds. The first-order valence-corrected chi connectivity index (χ1v) is 10.7. The minimum atomic E-state index is -0.0127. The van der Waals surface area contributed by atoms with Crippen LogP contribution in [0, 0.1) is 0 Å². The van der Waals surface area contributed by atoms with E-state index in [1.165, 1.54) is 12.8 Å². The molecule has 0 saturated carbocycles. The molecule has 0 radical (unpaired) electrons. The van der Waals surface area contributed by atoms with Crippen LogP contribution in [0.4, 0.5) is 0 Å². The number of piperazine rings is 1. The Labute approximate surface area is 178 Å². The predicted octanol–water partition coefficient (Wildman–Crippen LogP) is 2.85. The lowest BCUT2D eigenvalue weighted by Crippen LogP contribution is -2.48. The fourth-order valence-electron chi connectivity index (χ4n) is 4.25. The number of amides is 1. The molecular formula is C23H31N3O4. The van der Waals surface area contributed by atoms with E-state index in [2.05, 4.69) is 9.80 Å². The van der Waals surface area contributed by atoms with E-state index in [0.29, 0.717) is 18.8 Å². The Hall–Kier alpha value is -2.51. The quantitative estimate of drug-likeness (QED) is 0.696. The molecule has 0 N–H and O–H groups in total. The Bertz CT molecular complexity index is 852. The maximum atomic E-state index is 12.9. The van der Waals surface area contributed by atoms with Gasteiger partial charge < -0.3 is 18.8 Å². The summed E-state index contributed by atoms with van der Waals surface area (Å²) in [5.41, 5.74) is 1.09. The number of carbonyl (C=O) groups excluding carboxylic acids is 1. The highest BCUT2D eigenvalue weighted by Crippen LogP contribution is 2.26. The third-order valence-corrected chi connectivity index (χ3v) is 5.99. The van der Waals surface area contributed by atoms with Crippen LogP contribution in [-0.2, 0) is 13.1 Å². The van der Waals surface area contributed by atoms with Gasteiger partial charge in [0.1, 0.15) is 17.3 Å². The smallest absolute Gasteiger partial charge is 0.289 e. The largest absolute Gasteiger partial charge is 0.497 e. The summed E-state index contributed by atoms with van der Waals surface area (Å²) in [7, 11) is 3.35. The Morgan fingerprint density at radius 1 is 0.900 bits per heavy atom. The van der Waals surface area contributed by atoms with Gasteiger partial charge in [0, 0.05) is 38.3 Å². The van der Waals surface area contributed by atoms with Crippen molar-refractivity contribution in [1.29, 1.82) is 0 Å². The molecular weight excluding hydrogens is 382 g/mol. The van der Waals surface area contributed by atoms with Crippen LogP contribution in [0.5, 0.6) is 11.5 Å². The van der Waals surface area contributed by atoms with E-state index in [-0.39, 0.29) is 5.91 Å². The molecule has 0 aliphatic carbocycles. The number of methoxy groups -OCH3 is 2. The van der Waals surface area contributed by atoms with Crippen molar-refractivity contribution in [3.05, 3.63) is 47.4 Å². The highest BCUT2D eigenvalue weighted by molar-refractivity contribution is 5.91. The monoisotopic (exact) mass is 413 g/mol. The summed E-state index contributed by atoms with van der Waals surface area (Å²) < 4.78 is 16.7. The zero-order chi connectivity index (χ0) is 20.9. The molecule has 7 heteroatoms. The molecule has 1 aromatic carbocycles. The van der Waals surface area contributed by atoms with E-state index in [4.69, 9.17) is 13.9 Å². The summed E-state index contributed by atoms with van der Waals surface area (Å²) in [6.45, 7) is 6.79. The number of benzene rings is 1. The highest BCUT2D eigenvalue weighted by Gasteiger charge is 2.25. The molecule has 162 valence electrons. The van der Waals surface area contributed by atoms with Gasteiger partial charge in [0.05, 0.1) is 20.8 Å². The van der Waals surface area contributed by atoms with Gasteiger partial charge in [0.15, 0.2) is 5.76 Å². The molecule has 2 saturated heterocycles. The summed E-state index contributed by atoms with van der Waals surface area (Å²) in [5, 5.41) is 0. The molecule has 4 rings (SSSR count). The van der Waals surface area contributed by atoms with E-state index in [1.54, 1.807) is 14.2 Å². The van der Waals surface area contributed by atoms with E-state index in [1.807, 2.05) is 35.2 Å². The summed E-state index contributed by atoms with van der Waals surface area (Å²) >= 11 is 0. The first-order valence-electron chi connectivity index (χ1n) is 10.7. The summed E-state index contributed by atoms with van der Waals surface area (Å²) in [6, 6.07) is 9.62. The predicted molar refractivity (Wildman–Crippen MR) is 114 cm³/mol. The SMILES string of the molecule is COc1ccc(OC)c(CN2CCN(C(=O)c3ccc(CN4CCCC4)o3)CC2)c1. The van der Waals surface area contributed by atoms with Crippen molar-refractivity contribution in [2.75, 3.05) is 53.5 Å². The van der Waals surface area contributed by atoms with Crippen LogP contribution in [-0.4, -0.2) is 74.1 Å². The van der Waals surface area contributed by atoms with Gasteiger partial charge >= 0.3 is 0 Å². The first kappa shape index (κ1) is 20.8. The van der Waals surface area contributed by atoms with Gasteiger partial charge in [-0.1, -0.05) is 0 Å². The highest BCUT2D eigenvalue weighted by atomic mass is 16.5. The number of furan rings is 1. The molecule has 0 spiro atoms. The van der Waals surface area contributed by atoms with Crippen molar-refractivity contribution in [3.8, 4) is 11.5 Å². The first-order chi connectivity index (χ1) is 14.7. The zero-order valence-corrected chi connectivity index (χ0v) is 17.9. The topological polar surface area (TPSA) is 58.4 Å². The standard InChI is InChI=1S/C23H31N3O4/c1-28-19-5-7-21(29-2)18(15-19)16-25-11-13-26(14-12-25)23(27)22-8-6-20(30-22)17-24-9-3-4-10-24/h5-8,15H,3-4,9-14,16-17H2,1-2H3. The Morgan fingerprint density at radius 2 is 1.63 bits per heavy atom. The minimum absolute atomic E-state index is 0.0127. The van der Waals surface area contributed by atoms with Gasteiger partial charge in [0.25, 0.3) is 5.91 Å². The van der Waals surface area contributed by atoms with Gasteiger partial charge in [-0.2, -0.15) is 0 Å². The van der Waals surface area contributed by atoms with Crippen molar-refractivity contribution >= 4 is 5.91 Å². The molecule has 2 aliphatic rings. The fourth-order valence-corrected chi connectivity index (χ4v) is 4.25. The molecule has 0 unspecified atom stereocenters. The summed E-state index contributed by atoms with van der Waals surface area (Å²) in [6.07, 6.45) is 2.50. The number of ether oxygens (including phenoxy) is 2. The van der Waals surface area contributed by atoms with Crippen LogP contribution >= 0.6 is 0 Å². The molecule has 2 fully saturated rings. The molecule has 30 heavy (non-hydrogen) atoms. The van der Waals surface area contributed by atoms with Gasteiger partial charge in [-0.3, -0.25) is 14.6 Å². The lowest BCUT2D eigenvalue weighted by Gasteiger charge is -2.34. The van der Waals surface area contributed by atoms with Crippen molar-refractivity contribution < 1.29 is 18.7 Å². The Kier molecular flexibility index (Phi) is 6.59. The van der Waals surface area contributed by atoms with Crippen LogP contribution < -0.4 is 9.47 Å². The van der Waals surface area contributed by atoms with Gasteiger partial charge in [-0.15, -0.1) is 0 Å². The van der Waals surface area contributed by atoms with Crippen molar-refractivity contribution in [2.24, 2.45) is 0 Å². The number of likely N-dealkylation sites (tertiary alicyclic amines) is 1. The number of carbonyl (C=O) groups is 1. The summed E-state index contributed by atoms with van der Waals surface area (Å²) in [5.74, 6) is 3.00. The molecule has 2 aromatic rings. The van der Waals surface area contributed by atoms with Crippen molar-refractivity contribution in [1.82, 2.24) is 14.7 Å². The second kappa shape index (κ2) is 9.53. The van der Waals surface area contributed by atoms with Gasteiger partial charge in [-0.25, -0.2) is 0 Å². The van der Waals surface area contributed by atoms with Gasteiger partial charge in [0.2, 0.25) is 0 Å². The van der Waals surface area contributed by atoms with Crippen molar-refractivity contribution in [2.45, 2.75) is 25.9 Å². The van der Waals surface area contributed by atoms with E-state index in [0.717, 1.165) is 62.1 Å². The minimum Gasteiger partial charge on any atom is -0.497 e. The molecule has 3 heterocycles. The Balaban J connectivity index is 1.31. The summed E-state index contributed by atoms with van der Waals surface area (Å²) in [4.78, 5) is 19.5. The lowest BCUT2D eigenvalue weighted by molar-refractivity contribution is 0.0593. The second-order valence-corrected chi connectivity index (χ2v) is 8.00. The van der Waals surface area contributed by atoms with Gasteiger partial charge in [-0.05, 0) is 56.3 Å². The number of hydrogen-bond donors (Lipinski definition) is 0. The van der Waals surface area contributed by atoms with E-state index in [9.17, 15) is 4.79 Å². The normalized spacial score (nSPS) is 18.0. The van der Waals surface area contributed by atoms with Crippen LogP contribution in [0.15, 0.2) is 34.7 Å².